The van der Waals surface area contributed by atoms with Gasteiger partial charge < -0.3 is 14.7 Å². The maximum Gasteiger partial charge on any atom is 0.224 e. The lowest BCUT2D eigenvalue weighted by Gasteiger charge is -2.47. The molecule has 35 heavy (non-hydrogen) atoms. The topological polar surface area (TPSA) is 70.8 Å². The maximum absolute atomic E-state index is 12.2. The van der Waals surface area contributed by atoms with E-state index in [9.17, 15) is 9.90 Å². The smallest absolute Gasteiger partial charge is 0.224 e. The minimum Gasteiger partial charge on any atom is -0.374 e. The van der Waals surface area contributed by atoms with Crippen LogP contribution in [0.5, 0.6) is 0 Å². The molecule has 0 bridgehead atoms. The zero-order chi connectivity index (χ0) is 24.5. The number of hydrogen-bond donors (Lipinski definition) is 1. The largest absolute Gasteiger partial charge is 0.374 e. The van der Waals surface area contributed by atoms with Crippen molar-refractivity contribution in [2.24, 2.45) is 7.05 Å². The van der Waals surface area contributed by atoms with E-state index in [1.807, 2.05) is 23.9 Å². The number of aryl methyl sites for hydroxylation is 2. The Hall–Kier alpha value is -1.93. The molecule has 0 radical (unpaired) electrons. The zero-order valence-electron chi connectivity index (χ0n) is 20.8. The van der Waals surface area contributed by atoms with Gasteiger partial charge in [-0.1, -0.05) is 23.7 Å². The first-order chi connectivity index (χ1) is 16.9. The highest BCUT2D eigenvalue weighted by molar-refractivity contribution is 6.30. The monoisotopic (exact) mass is 500 g/mol. The first-order valence-electron chi connectivity index (χ1n) is 13.0. The van der Waals surface area contributed by atoms with Gasteiger partial charge in [-0.3, -0.25) is 14.4 Å². The first-order valence-corrected chi connectivity index (χ1v) is 13.3. The van der Waals surface area contributed by atoms with Gasteiger partial charge in [0, 0.05) is 55.2 Å². The second-order valence-electron chi connectivity index (χ2n) is 10.5. The van der Waals surface area contributed by atoms with Crippen LogP contribution in [0.1, 0.15) is 61.4 Å². The molecule has 3 fully saturated rings. The van der Waals surface area contributed by atoms with E-state index >= 15 is 0 Å². The molecule has 1 amide bonds. The third-order valence-corrected chi connectivity index (χ3v) is 8.46. The lowest BCUT2D eigenvalue weighted by Crippen LogP contribution is -2.58. The van der Waals surface area contributed by atoms with E-state index in [0.717, 1.165) is 43.7 Å². The van der Waals surface area contributed by atoms with Gasteiger partial charge in [0.25, 0.3) is 0 Å². The van der Waals surface area contributed by atoms with Crippen LogP contribution in [0.2, 0.25) is 5.02 Å². The van der Waals surface area contributed by atoms with Crippen LogP contribution in [0.15, 0.2) is 30.3 Å². The molecule has 2 aliphatic heterocycles. The van der Waals surface area contributed by atoms with Crippen molar-refractivity contribution in [2.75, 3.05) is 19.7 Å². The van der Waals surface area contributed by atoms with E-state index in [-0.39, 0.29) is 18.1 Å². The summed E-state index contributed by atoms with van der Waals surface area (Å²) in [6.45, 7) is 3.99. The summed E-state index contributed by atoms with van der Waals surface area (Å²) in [5.41, 5.74) is 3.69. The molecule has 7 nitrogen and oxygen atoms in total. The van der Waals surface area contributed by atoms with E-state index < -0.39 is 6.23 Å². The zero-order valence-corrected chi connectivity index (χ0v) is 21.5. The molecule has 8 heteroatoms. The van der Waals surface area contributed by atoms with E-state index in [1.165, 1.54) is 17.0 Å². The van der Waals surface area contributed by atoms with Crippen molar-refractivity contribution in [1.29, 1.82) is 0 Å². The summed E-state index contributed by atoms with van der Waals surface area (Å²) in [6.07, 6.45) is 5.65. The number of rotatable bonds is 6. The predicted octanol–water partition coefficient (Wildman–Crippen LogP) is 3.66. The predicted molar refractivity (Wildman–Crippen MR) is 135 cm³/mol. The fraction of sp³-hybridized carbons (Fsp3) is 0.630. The number of likely N-dealkylation sites (tertiary alicyclic amines) is 1. The van der Waals surface area contributed by atoms with Crippen molar-refractivity contribution >= 4 is 17.5 Å². The molecule has 1 N–H and O–H groups in total. The molecule has 3 atom stereocenters. The van der Waals surface area contributed by atoms with Crippen LogP contribution < -0.4 is 0 Å². The van der Waals surface area contributed by atoms with Crippen molar-refractivity contribution in [3.63, 3.8) is 0 Å². The fourth-order valence-corrected chi connectivity index (χ4v) is 6.18. The third-order valence-electron chi connectivity index (χ3n) is 8.21. The number of aliphatic hydroxyl groups excluding tert-OH is 1. The minimum atomic E-state index is -0.677. The van der Waals surface area contributed by atoms with Crippen LogP contribution in [0.4, 0.5) is 0 Å². The van der Waals surface area contributed by atoms with E-state index in [2.05, 4.69) is 30.0 Å². The summed E-state index contributed by atoms with van der Waals surface area (Å²) < 4.78 is 8.26. The molecule has 2 aromatic rings. The summed E-state index contributed by atoms with van der Waals surface area (Å²) >= 11 is 6.11. The Bertz CT molecular complexity index is 998. The Labute approximate surface area is 213 Å². The second kappa shape index (κ2) is 10.6. The van der Waals surface area contributed by atoms with Gasteiger partial charge in [-0.25, -0.2) is 0 Å². The lowest BCUT2D eigenvalue weighted by atomic mass is 9.82. The molecule has 5 rings (SSSR count). The van der Waals surface area contributed by atoms with Crippen molar-refractivity contribution in [3.8, 4) is 0 Å². The number of carbonyl (C=O) groups excluding carboxylic acids is 1. The summed E-state index contributed by atoms with van der Waals surface area (Å²) in [5, 5.41) is 15.7. The normalized spacial score (nSPS) is 30.2. The van der Waals surface area contributed by atoms with Gasteiger partial charge in [-0.15, -0.1) is 0 Å². The molecule has 2 saturated heterocycles. The third kappa shape index (κ3) is 5.58. The van der Waals surface area contributed by atoms with Gasteiger partial charge in [0.2, 0.25) is 5.91 Å². The van der Waals surface area contributed by atoms with Crippen LogP contribution in [0.25, 0.3) is 0 Å². The Morgan fingerprint density at radius 2 is 1.89 bits per heavy atom. The highest BCUT2D eigenvalue weighted by Crippen LogP contribution is 2.36. The Kier molecular flexibility index (Phi) is 7.49. The number of aromatic nitrogens is 2. The Morgan fingerprint density at radius 3 is 2.51 bits per heavy atom. The number of aliphatic hydroxyl groups is 1. The van der Waals surface area contributed by atoms with E-state index in [4.69, 9.17) is 21.4 Å². The summed E-state index contributed by atoms with van der Waals surface area (Å²) in [7, 11) is 2.02. The van der Waals surface area contributed by atoms with Crippen LogP contribution in [-0.4, -0.2) is 74.7 Å². The minimum absolute atomic E-state index is 0.0297. The van der Waals surface area contributed by atoms with Crippen LogP contribution >= 0.6 is 11.6 Å². The highest BCUT2D eigenvalue weighted by atomic mass is 35.5. The quantitative estimate of drug-likeness (QED) is 0.655. The van der Waals surface area contributed by atoms with Crippen LogP contribution in [-0.2, 0) is 23.0 Å². The average molecular weight is 501 g/mol. The first kappa shape index (κ1) is 24.8. The molecular formula is C27H37ClN4O3. The van der Waals surface area contributed by atoms with Gasteiger partial charge in [-0.2, -0.15) is 5.10 Å². The number of carbonyl (C=O) groups is 1. The standard InChI is InChI=1S/C27H37ClN4O3/c1-18-13-25(29-30(18)2)20-5-9-22(10-6-20)31-15-24(16-32-26(33)11-12-27(32)34)35-17-23(31)14-19-3-7-21(28)8-4-19/h3-4,7-8,13,20,22-24,26,33H,5-6,9-12,14-17H2,1-2H3/t20?,22?,23-,24+,26?/m0/s1. The molecule has 1 unspecified atom stereocenters. The number of amides is 1. The summed E-state index contributed by atoms with van der Waals surface area (Å²) in [6, 6.07) is 11.1. The van der Waals surface area contributed by atoms with Gasteiger partial charge in [0.1, 0.15) is 6.23 Å². The van der Waals surface area contributed by atoms with Gasteiger partial charge >= 0.3 is 0 Å². The second-order valence-corrected chi connectivity index (χ2v) is 11.0. The average Bonchev–Trinajstić information content (AvgIpc) is 3.36. The van der Waals surface area contributed by atoms with Gasteiger partial charge in [-0.05, 0) is 62.8 Å². The number of hydrogen-bond acceptors (Lipinski definition) is 5. The SMILES string of the molecule is Cc1cc(C2CCC(N3C[C@H](CN4C(=O)CCC4O)OC[C@@H]3Cc3ccc(Cl)cc3)CC2)nn1C. The molecule has 1 saturated carbocycles. The number of nitrogens with zero attached hydrogens (tertiary/aromatic N) is 4. The van der Waals surface area contributed by atoms with Crippen molar-refractivity contribution < 1.29 is 14.6 Å². The molecule has 1 aromatic carbocycles. The van der Waals surface area contributed by atoms with Crippen molar-refractivity contribution in [2.45, 2.75) is 82.2 Å². The Morgan fingerprint density at radius 1 is 1.14 bits per heavy atom. The van der Waals surface area contributed by atoms with E-state index in [1.54, 1.807) is 4.90 Å². The van der Waals surface area contributed by atoms with Crippen LogP contribution in [0, 0.1) is 6.92 Å². The summed E-state index contributed by atoms with van der Waals surface area (Å²) in [4.78, 5) is 16.5. The molecule has 0 spiro atoms. The Balaban J connectivity index is 1.28. The van der Waals surface area contributed by atoms with Crippen molar-refractivity contribution in [1.82, 2.24) is 19.6 Å². The number of ether oxygens (including phenoxy) is 1. The molecule has 3 aliphatic rings. The lowest BCUT2D eigenvalue weighted by molar-refractivity contribution is -0.141. The van der Waals surface area contributed by atoms with Crippen molar-refractivity contribution in [3.05, 3.63) is 52.3 Å². The molecule has 190 valence electrons. The number of benzene rings is 1. The van der Waals surface area contributed by atoms with Gasteiger partial charge in [0.05, 0.1) is 24.9 Å². The molecular weight excluding hydrogens is 464 g/mol. The number of halogens is 1. The summed E-state index contributed by atoms with van der Waals surface area (Å²) in [5.74, 6) is 0.553. The van der Waals surface area contributed by atoms with E-state index in [0.29, 0.717) is 38.0 Å². The fourth-order valence-electron chi connectivity index (χ4n) is 6.06. The van der Waals surface area contributed by atoms with Gasteiger partial charge in [0.15, 0.2) is 0 Å². The molecule has 1 aliphatic carbocycles. The maximum atomic E-state index is 12.2. The number of morpholine rings is 1. The van der Waals surface area contributed by atoms with Crippen LogP contribution in [0.3, 0.4) is 0 Å². The molecule has 3 heterocycles. The highest BCUT2D eigenvalue weighted by Gasteiger charge is 2.39. The molecule has 1 aromatic heterocycles.